The average Bonchev–Trinajstić information content (AvgIpc) is 2.73. The average molecular weight is 405 g/mol. The fourth-order valence-corrected chi connectivity index (χ4v) is 3.32. The van der Waals surface area contributed by atoms with E-state index in [2.05, 4.69) is 20.9 Å². The van der Waals surface area contributed by atoms with Crippen molar-refractivity contribution in [3.8, 4) is 5.75 Å². The van der Waals surface area contributed by atoms with Crippen molar-refractivity contribution in [1.82, 2.24) is 16.0 Å². The zero-order valence-corrected chi connectivity index (χ0v) is 17.6. The maximum absolute atomic E-state index is 12.0. The van der Waals surface area contributed by atoms with Gasteiger partial charge in [-0.1, -0.05) is 25.3 Å². The smallest absolute Gasteiger partial charge is 0.251 e. The standard InChI is InChI=1S/C22H36N4O3/c1-2-23-22(26-15-8-16-29-20-11-4-3-5-12-20)25-14-7-13-24-21(28)18-9-6-10-19(27)17-18/h6,9-10,17,20,27H,2-5,7-8,11-16H2,1H3,(H,24,28)(H2,23,25,26). The van der Waals surface area contributed by atoms with Crippen LogP contribution in [0.3, 0.4) is 0 Å². The number of aromatic hydroxyl groups is 1. The number of hydrogen-bond donors (Lipinski definition) is 4. The molecule has 4 N–H and O–H groups in total. The highest BCUT2D eigenvalue weighted by Gasteiger charge is 2.13. The van der Waals surface area contributed by atoms with Crippen molar-refractivity contribution >= 4 is 11.9 Å². The van der Waals surface area contributed by atoms with Crippen molar-refractivity contribution < 1.29 is 14.6 Å². The van der Waals surface area contributed by atoms with Crippen molar-refractivity contribution in [2.45, 2.75) is 58.0 Å². The molecule has 0 saturated heterocycles. The van der Waals surface area contributed by atoms with Gasteiger partial charge in [-0.3, -0.25) is 9.79 Å². The number of hydrogen-bond acceptors (Lipinski definition) is 4. The number of carbonyl (C=O) groups is 1. The molecule has 0 atom stereocenters. The van der Waals surface area contributed by atoms with Crippen LogP contribution in [0.2, 0.25) is 0 Å². The Morgan fingerprint density at radius 1 is 1.14 bits per heavy atom. The molecule has 162 valence electrons. The van der Waals surface area contributed by atoms with E-state index in [1.165, 1.54) is 38.2 Å². The molecule has 2 rings (SSSR count). The topological polar surface area (TPSA) is 95.0 Å². The molecule has 1 amide bonds. The molecule has 1 aromatic carbocycles. The number of phenolic OH excluding ortho intramolecular Hbond substituents is 1. The van der Waals surface area contributed by atoms with Crippen molar-refractivity contribution in [3.05, 3.63) is 29.8 Å². The van der Waals surface area contributed by atoms with Crippen LogP contribution >= 0.6 is 0 Å². The maximum atomic E-state index is 12.0. The largest absolute Gasteiger partial charge is 0.508 e. The monoisotopic (exact) mass is 404 g/mol. The molecule has 0 heterocycles. The zero-order chi connectivity index (χ0) is 20.7. The third kappa shape index (κ3) is 9.65. The third-order valence-corrected chi connectivity index (χ3v) is 4.86. The number of carbonyl (C=O) groups excluding carboxylic acids is 1. The molecule has 1 saturated carbocycles. The van der Waals surface area contributed by atoms with E-state index in [1.807, 2.05) is 6.92 Å². The van der Waals surface area contributed by atoms with Gasteiger partial charge in [-0.2, -0.15) is 0 Å². The van der Waals surface area contributed by atoms with Crippen LogP contribution in [0.5, 0.6) is 5.75 Å². The van der Waals surface area contributed by atoms with Gasteiger partial charge in [-0.25, -0.2) is 0 Å². The molecule has 1 aliphatic rings. The first-order chi connectivity index (χ1) is 14.2. The van der Waals surface area contributed by atoms with Gasteiger partial charge in [0.05, 0.1) is 6.10 Å². The quantitative estimate of drug-likeness (QED) is 0.258. The van der Waals surface area contributed by atoms with Gasteiger partial charge in [-0.05, 0) is 50.8 Å². The Kier molecular flexibility index (Phi) is 11.0. The zero-order valence-electron chi connectivity index (χ0n) is 17.6. The van der Waals surface area contributed by atoms with Crippen molar-refractivity contribution in [3.63, 3.8) is 0 Å². The molecule has 0 radical (unpaired) electrons. The molecule has 0 spiro atoms. The van der Waals surface area contributed by atoms with Gasteiger partial charge < -0.3 is 25.8 Å². The number of benzene rings is 1. The molecule has 1 aromatic rings. The lowest BCUT2D eigenvalue weighted by Crippen LogP contribution is -2.38. The van der Waals surface area contributed by atoms with Gasteiger partial charge in [0.15, 0.2) is 5.96 Å². The fraction of sp³-hybridized carbons (Fsp3) is 0.636. The summed E-state index contributed by atoms with van der Waals surface area (Å²) >= 11 is 0. The minimum Gasteiger partial charge on any atom is -0.508 e. The van der Waals surface area contributed by atoms with Crippen LogP contribution in [0.4, 0.5) is 0 Å². The number of nitrogens with zero attached hydrogens (tertiary/aromatic N) is 1. The van der Waals surface area contributed by atoms with Crippen molar-refractivity contribution in [2.75, 3.05) is 32.8 Å². The van der Waals surface area contributed by atoms with Gasteiger partial charge in [0.2, 0.25) is 0 Å². The van der Waals surface area contributed by atoms with E-state index in [0.29, 0.717) is 24.8 Å². The van der Waals surface area contributed by atoms with Crippen molar-refractivity contribution in [2.24, 2.45) is 4.99 Å². The summed E-state index contributed by atoms with van der Waals surface area (Å²) in [6, 6.07) is 6.34. The normalized spacial score (nSPS) is 15.1. The molecule has 1 fully saturated rings. The van der Waals surface area contributed by atoms with Crippen LogP contribution in [0.15, 0.2) is 29.3 Å². The van der Waals surface area contributed by atoms with Gasteiger partial charge in [0.25, 0.3) is 5.91 Å². The number of aliphatic imine (C=N–C) groups is 1. The minimum atomic E-state index is -0.187. The fourth-order valence-electron chi connectivity index (χ4n) is 3.32. The number of ether oxygens (including phenoxy) is 1. The second-order valence-corrected chi connectivity index (χ2v) is 7.33. The second kappa shape index (κ2) is 13.8. The molecular weight excluding hydrogens is 368 g/mol. The van der Waals surface area contributed by atoms with Crippen molar-refractivity contribution in [1.29, 1.82) is 0 Å². The Labute approximate surface area is 174 Å². The molecule has 1 aliphatic carbocycles. The number of rotatable bonds is 11. The second-order valence-electron chi connectivity index (χ2n) is 7.33. The minimum absolute atomic E-state index is 0.0905. The highest BCUT2D eigenvalue weighted by atomic mass is 16.5. The van der Waals surface area contributed by atoms with Crippen LogP contribution in [-0.4, -0.2) is 55.9 Å². The number of amides is 1. The van der Waals surface area contributed by atoms with Crippen LogP contribution in [0.25, 0.3) is 0 Å². The SMILES string of the molecule is CCNC(=NCCCNC(=O)c1cccc(O)c1)NCCCOC1CCCCC1. The van der Waals surface area contributed by atoms with Crippen LogP contribution in [0.1, 0.15) is 62.2 Å². The van der Waals surface area contributed by atoms with E-state index in [1.54, 1.807) is 18.2 Å². The molecule has 7 nitrogen and oxygen atoms in total. The summed E-state index contributed by atoms with van der Waals surface area (Å²) in [6.07, 6.45) is 8.53. The summed E-state index contributed by atoms with van der Waals surface area (Å²) in [6.45, 7) is 5.61. The maximum Gasteiger partial charge on any atom is 0.251 e. The van der Waals surface area contributed by atoms with E-state index >= 15 is 0 Å². The number of guanidine groups is 1. The molecule has 0 aromatic heterocycles. The highest BCUT2D eigenvalue weighted by Crippen LogP contribution is 2.20. The molecule has 29 heavy (non-hydrogen) atoms. The Morgan fingerprint density at radius 2 is 1.93 bits per heavy atom. The summed E-state index contributed by atoms with van der Waals surface area (Å²) in [7, 11) is 0. The van der Waals surface area contributed by atoms with Crippen LogP contribution < -0.4 is 16.0 Å². The van der Waals surface area contributed by atoms with E-state index in [-0.39, 0.29) is 11.7 Å². The van der Waals surface area contributed by atoms with E-state index < -0.39 is 0 Å². The van der Waals surface area contributed by atoms with E-state index in [0.717, 1.165) is 38.5 Å². The first kappa shape index (κ1) is 23.0. The summed E-state index contributed by atoms with van der Waals surface area (Å²) in [5.74, 6) is 0.699. The van der Waals surface area contributed by atoms with Gasteiger partial charge in [0.1, 0.15) is 5.75 Å². The lowest BCUT2D eigenvalue weighted by molar-refractivity contribution is 0.0277. The Hall–Kier alpha value is -2.28. The summed E-state index contributed by atoms with van der Waals surface area (Å²) in [5.41, 5.74) is 0.457. The molecule has 0 aliphatic heterocycles. The number of phenols is 1. The molecule has 0 unspecified atom stereocenters. The van der Waals surface area contributed by atoms with Gasteiger partial charge in [0, 0.05) is 38.3 Å². The lowest BCUT2D eigenvalue weighted by atomic mass is 9.98. The number of nitrogens with one attached hydrogen (secondary N) is 3. The van der Waals surface area contributed by atoms with E-state index in [9.17, 15) is 9.90 Å². The van der Waals surface area contributed by atoms with E-state index in [4.69, 9.17) is 4.74 Å². The lowest BCUT2D eigenvalue weighted by Gasteiger charge is -2.22. The molecule has 0 bridgehead atoms. The first-order valence-electron chi connectivity index (χ1n) is 10.9. The van der Waals surface area contributed by atoms with Gasteiger partial charge in [-0.15, -0.1) is 0 Å². The highest BCUT2D eigenvalue weighted by molar-refractivity contribution is 5.94. The Bertz CT molecular complexity index is 630. The first-order valence-corrected chi connectivity index (χ1v) is 10.9. The van der Waals surface area contributed by atoms with Gasteiger partial charge >= 0.3 is 0 Å². The summed E-state index contributed by atoms with van der Waals surface area (Å²) in [5, 5.41) is 18.9. The Balaban J connectivity index is 1.58. The summed E-state index contributed by atoms with van der Waals surface area (Å²) < 4.78 is 5.95. The Morgan fingerprint density at radius 3 is 2.69 bits per heavy atom. The predicted molar refractivity (Wildman–Crippen MR) is 116 cm³/mol. The third-order valence-electron chi connectivity index (χ3n) is 4.86. The summed E-state index contributed by atoms with van der Waals surface area (Å²) in [4.78, 5) is 16.6. The molecule has 7 heteroatoms. The predicted octanol–water partition coefficient (Wildman–Crippen LogP) is 2.81. The molecular formula is C22H36N4O3. The van der Waals surface area contributed by atoms with Crippen LogP contribution in [-0.2, 0) is 4.74 Å². The van der Waals surface area contributed by atoms with Crippen LogP contribution in [0, 0.1) is 0 Å².